The van der Waals surface area contributed by atoms with Crippen molar-refractivity contribution in [1.82, 2.24) is 24.1 Å². The lowest BCUT2D eigenvalue weighted by Crippen LogP contribution is -2.15. The summed E-state index contributed by atoms with van der Waals surface area (Å²) in [6, 6.07) is 3.51. The van der Waals surface area contributed by atoms with Crippen LogP contribution in [0.3, 0.4) is 0 Å². The second kappa shape index (κ2) is 6.75. The number of fused-ring (bicyclic) bond motifs is 1. The van der Waals surface area contributed by atoms with Gasteiger partial charge in [-0.3, -0.25) is 4.79 Å². The van der Waals surface area contributed by atoms with Gasteiger partial charge in [0.05, 0.1) is 23.9 Å². The van der Waals surface area contributed by atoms with Gasteiger partial charge < -0.3 is 10.3 Å². The number of nitrogens with zero attached hydrogens (tertiary/aromatic N) is 5. The van der Waals surface area contributed by atoms with E-state index < -0.39 is 11.7 Å². The number of carbonyl (C=O) groups is 1. The van der Waals surface area contributed by atoms with Gasteiger partial charge in [-0.15, -0.1) is 0 Å². The van der Waals surface area contributed by atoms with Crippen LogP contribution in [-0.2, 0) is 7.05 Å². The number of imidazole rings is 2. The van der Waals surface area contributed by atoms with Crippen LogP contribution in [0.1, 0.15) is 23.1 Å². The maximum absolute atomic E-state index is 13.0. The van der Waals surface area contributed by atoms with Gasteiger partial charge in [-0.1, -0.05) is 18.7 Å². The summed E-state index contributed by atoms with van der Waals surface area (Å²) in [6.07, 6.45) is 7.70. The second-order valence-electron chi connectivity index (χ2n) is 5.57. The van der Waals surface area contributed by atoms with Crippen molar-refractivity contribution >= 4 is 17.1 Å². The molecule has 3 aromatic heterocycles. The fourth-order valence-corrected chi connectivity index (χ4v) is 2.60. The number of carbonyl (C=O) groups excluding carboxylic acids is 1. The molecule has 132 valence electrons. The first-order valence-electron chi connectivity index (χ1n) is 7.77. The third kappa shape index (κ3) is 3.04. The van der Waals surface area contributed by atoms with E-state index in [4.69, 9.17) is 5.73 Å². The Bertz CT molecular complexity index is 1070. The van der Waals surface area contributed by atoms with Crippen molar-refractivity contribution in [2.45, 2.75) is 6.92 Å². The molecule has 0 aliphatic rings. The molecule has 0 bridgehead atoms. The summed E-state index contributed by atoms with van der Waals surface area (Å²) in [4.78, 5) is 20.1. The molecular weight excluding hydrogens is 335 g/mol. The fourth-order valence-electron chi connectivity index (χ4n) is 2.60. The smallest absolute Gasteiger partial charge is 0.269 e. The van der Waals surface area contributed by atoms with E-state index >= 15 is 0 Å². The predicted molar refractivity (Wildman–Crippen MR) is 96.7 cm³/mol. The third-order valence-electron chi connectivity index (χ3n) is 3.82. The molecule has 3 rings (SSSR count). The minimum absolute atomic E-state index is 0.186. The maximum Gasteiger partial charge on any atom is 0.269 e. The van der Waals surface area contributed by atoms with Crippen molar-refractivity contribution in [3.63, 3.8) is 0 Å². The zero-order valence-corrected chi connectivity index (χ0v) is 14.3. The number of aromatic nitrogens is 5. The number of allylic oxidation sites excluding steroid dienone is 5. The lowest BCUT2D eigenvalue weighted by molar-refractivity contribution is 0.0993. The standard InChI is InChI=1S/C18H17FN6O/c1-4-12(6-5-11(2)19)16-17(24(3)10-22-16)13-7-8-15-21-9-14(18(20)26)25(15)23-13/h4-10H,2H2,1,3H3,(H2,20,26)/b6-5-,12-4+. The van der Waals surface area contributed by atoms with E-state index in [0.717, 1.165) is 0 Å². The zero-order chi connectivity index (χ0) is 18.8. The predicted octanol–water partition coefficient (Wildman–Crippen LogP) is 2.67. The molecule has 7 nitrogen and oxygen atoms in total. The van der Waals surface area contributed by atoms with Crippen molar-refractivity contribution in [3.8, 4) is 11.4 Å². The summed E-state index contributed by atoms with van der Waals surface area (Å²) in [5.41, 5.74) is 8.67. The summed E-state index contributed by atoms with van der Waals surface area (Å²) < 4.78 is 16.2. The topological polar surface area (TPSA) is 91.1 Å². The van der Waals surface area contributed by atoms with Crippen LogP contribution in [0.4, 0.5) is 4.39 Å². The summed E-state index contributed by atoms with van der Waals surface area (Å²) in [7, 11) is 1.83. The minimum Gasteiger partial charge on any atom is -0.364 e. The molecule has 0 unspecified atom stereocenters. The Labute approximate surface area is 149 Å². The highest BCUT2D eigenvalue weighted by molar-refractivity contribution is 5.91. The molecule has 0 aliphatic carbocycles. The van der Waals surface area contributed by atoms with Crippen LogP contribution in [-0.4, -0.2) is 30.1 Å². The van der Waals surface area contributed by atoms with Gasteiger partial charge in [0.2, 0.25) is 0 Å². The van der Waals surface area contributed by atoms with E-state index in [1.807, 2.05) is 20.0 Å². The highest BCUT2D eigenvalue weighted by Gasteiger charge is 2.17. The first-order chi connectivity index (χ1) is 12.4. The first-order valence-corrected chi connectivity index (χ1v) is 7.77. The van der Waals surface area contributed by atoms with Crippen LogP contribution in [0.15, 0.2) is 55.3 Å². The molecule has 0 saturated heterocycles. The van der Waals surface area contributed by atoms with Crippen LogP contribution in [0, 0.1) is 0 Å². The molecule has 3 heterocycles. The molecule has 26 heavy (non-hydrogen) atoms. The van der Waals surface area contributed by atoms with E-state index in [1.165, 1.54) is 16.8 Å². The number of hydrogen-bond acceptors (Lipinski definition) is 4. The van der Waals surface area contributed by atoms with Crippen molar-refractivity contribution in [1.29, 1.82) is 0 Å². The van der Waals surface area contributed by atoms with Gasteiger partial charge in [0.1, 0.15) is 17.2 Å². The quantitative estimate of drug-likeness (QED) is 0.715. The molecule has 0 spiro atoms. The van der Waals surface area contributed by atoms with Crippen LogP contribution >= 0.6 is 0 Å². The molecule has 0 radical (unpaired) electrons. The van der Waals surface area contributed by atoms with Crippen molar-refractivity contribution < 1.29 is 9.18 Å². The molecular formula is C18H17FN6O. The molecule has 0 fully saturated rings. The summed E-state index contributed by atoms with van der Waals surface area (Å²) in [5.74, 6) is -1.17. The van der Waals surface area contributed by atoms with Crippen LogP contribution in [0.5, 0.6) is 0 Å². The average Bonchev–Trinajstić information content (AvgIpc) is 3.18. The second-order valence-corrected chi connectivity index (χ2v) is 5.57. The normalized spacial score (nSPS) is 12.2. The van der Waals surface area contributed by atoms with E-state index in [2.05, 4.69) is 21.6 Å². The first kappa shape index (κ1) is 17.3. The minimum atomic E-state index is -0.620. The Morgan fingerprint density at radius 2 is 2.08 bits per heavy atom. The Kier molecular flexibility index (Phi) is 4.49. The van der Waals surface area contributed by atoms with Gasteiger partial charge in [-0.25, -0.2) is 18.9 Å². The van der Waals surface area contributed by atoms with Gasteiger partial charge in [0.25, 0.3) is 5.91 Å². The van der Waals surface area contributed by atoms with Crippen molar-refractivity contribution in [2.24, 2.45) is 12.8 Å². The Hall–Kier alpha value is -3.55. The van der Waals surface area contributed by atoms with Crippen molar-refractivity contribution in [2.75, 3.05) is 0 Å². The SMILES string of the molecule is C=C(F)/C=C\C(=C/C)c1ncn(C)c1-c1ccc2ncc(C(N)=O)n2n1. The lowest BCUT2D eigenvalue weighted by Gasteiger charge is -2.07. The van der Waals surface area contributed by atoms with E-state index in [9.17, 15) is 9.18 Å². The summed E-state index contributed by atoms with van der Waals surface area (Å²) >= 11 is 0. The van der Waals surface area contributed by atoms with Crippen LogP contribution in [0.2, 0.25) is 0 Å². The molecule has 3 aromatic rings. The molecule has 8 heteroatoms. The van der Waals surface area contributed by atoms with E-state index in [-0.39, 0.29) is 5.69 Å². The van der Waals surface area contributed by atoms with E-state index in [0.29, 0.717) is 28.3 Å². The molecule has 2 N–H and O–H groups in total. The Morgan fingerprint density at radius 1 is 1.31 bits per heavy atom. The average molecular weight is 352 g/mol. The number of halogens is 1. The third-order valence-corrected chi connectivity index (χ3v) is 3.82. The molecule has 0 aromatic carbocycles. The Balaban J connectivity index is 2.17. The number of primary amides is 1. The molecule has 1 amide bonds. The van der Waals surface area contributed by atoms with Crippen LogP contribution < -0.4 is 5.73 Å². The largest absolute Gasteiger partial charge is 0.364 e. The molecule has 0 aliphatic heterocycles. The van der Waals surface area contributed by atoms with E-state index in [1.54, 1.807) is 29.1 Å². The highest BCUT2D eigenvalue weighted by Crippen LogP contribution is 2.27. The van der Waals surface area contributed by atoms with Gasteiger partial charge in [0, 0.05) is 7.05 Å². The summed E-state index contributed by atoms with van der Waals surface area (Å²) in [6.45, 7) is 5.05. The fraction of sp³-hybridized carbons (Fsp3) is 0.111. The highest BCUT2D eigenvalue weighted by atomic mass is 19.1. The zero-order valence-electron chi connectivity index (χ0n) is 14.3. The number of hydrogen-bond donors (Lipinski definition) is 1. The molecule has 0 atom stereocenters. The van der Waals surface area contributed by atoms with Gasteiger partial charge in [0.15, 0.2) is 5.65 Å². The summed E-state index contributed by atoms with van der Waals surface area (Å²) in [5, 5.41) is 4.48. The van der Waals surface area contributed by atoms with Crippen molar-refractivity contribution in [3.05, 3.63) is 66.7 Å². The van der Waals surface area contributed by atoms with Gasteiger partial charge >= 0.3 is 0 Å². The van der Waals surface area contributed by atoms with Gasteiger partial charge in [-0.05, 0) is 30.7 Å². The number of nitrogens with two attached hydrogens (primary N) is 1. The van der Waals surface area contributed by atoms with Gasteiger partial charge in [-0.2, -0.15) is 5.10 Å². The monoisotopic (exact) mass is 352 g/mol. The number of amides is 1. The maximum atomic E-state index is 13.0. The number of aryl methyl sites for hydroxylation is 1. The number of rotatable bonds is 5. The molecule has 0 saturated carbocycles. The van der Waals surface area contributed by atoms with Crippen LogP contribution in [0.25, 0.3) is 22.6 Å². The lowest BCUT2D eigenvalue weighted by atomic mass is 10.1. The Morgan fingerprint density at radius 3 is 2.73 bits per heavy atom.